The normalized spacial score (nSPS) is 11.4. The molecule has 0 radical (unpaired) electrons. The van der Waals surface area contributed by atoms with Crippen LogP contribution in [0.1, 0.15) is 18.9 Å². The van der Waals surface area contributed by atoms with Gasteiger partial charge in [0.25, 0.3) is 5.56 Å². The van der Waals surface area contributed by atoms with E-state index in [9.17, 15) is 14.4 Å². The number of fused-ring (bicyclic) bond motifs is 1. The number of benzene rings is 1. The lowest BCUT2D eigenvalue weighted by atomic mass is 10.1. The van der Waals surface area contributed by atoms with Crippen molar-refractivity contribution in [2.24, 2.45) is 0 Å². The van der Waals surface area contributed by atoms with Gasteiger partial charge in [-0.05, 0) is 18.1 Å². The summed E-state index contributed by atoms with van der Waals surface area (Å²) in [5.41, 5.74) is 1.03. The van der Waals surface area contributed by atoms with Gasteiger partial charge in [0, 0.05) is 18.2 Å². The molecule has 0 spiro atoms. The average Bonchev–Trinajstić information content (AvgIpc) is 3.03. The third kappa shape index (κ3) is 3.27. The molecule has 1 aromatic carbocycles. The summed E-state index contributed by atoms with van der Waals surface area (Å²) in [5, 5.41) is 8.64. The molecule has 0 aliphatic rings. The van der Waals surface area contributed by atoms with Gasteiger partial charge in [-0.3, -0.25) is 14.3 Å². The van der Waals surface area contributed by atoms with Crippen LogP contribution in [0.5, 0.6) is 0 Å². The molecule has 2 heterocycles. The lowest BCUT2D eigenvalue weighted by Gasteiger charge is -2.02. The van der Waals surface area contributed by atoms with Crippen LogP contribution < -0.4 is 11.2 Å². The van der Waals surface area contributed by atoms with E-state index >= 15 is 0 Å². The highest BCUT2D eigenvalue weighted by Gasteiger charge is 2.13. The Morgan fingerprint density at radius 1 is 1.24 bits per heavy atom. The van der Waals surface area contributed by atoms with Crippen LogP contribution in [0, 0.1) is 0 Å². The molecule has 0 bridgehead atoms. The van der Waals surface area contributed by atoms with E-state index in [1.54, 1.807) is 24.3 Å². The van der Waals surface area contributed by atoms with Crippen LogP contribution in [-0.4, -0.2) is 30.6 Å². The number of aromatic nitrogens is 4. The number of imidazole rings is 1. The molecule has 0 atom stereocenters. The maximum atomic E-state index is 12.0. The molecule has 0 aliphatic carbocycles. The van der Waals surface area contributed by atoms with Gasteiger partial charge in [-0.15, -0.1) is 0 Å². The van der Waals surface area contributed by atoms with Crippen molar-refractivity contribution < 1.29 is 9.90 Å². The zero-order valence-electron chi connectivity index (χ0n) is 13.4. The highest BCUT2D eigenvalue weighted by atomic mass is 16.4. The van der Waals surface area contributed by atoms with Crippen molar-refractivity contribution in [3.63, 3.8) is 0 Å². The van der Waals surface area contributed by atoms with Crippen molar-refractivity contribution in [2.75, 3.05) is 0 Å². The third-order valence-electron chi connectivity index (χ3n) is 3.68. The Balaban J connectivity index is 2.06. The van der Waals surface area contributed by atoms with Gasteiger partial charge in [0.2, 0.25) is 0 Å². The summed E-state index contributed by atoms with van der Waals surface area (Å²) in [4.78, 5) is 44.1. The Morgan fingerprint density at radius 3 is 2.60 bits per heavy atom. The zero-order chi connectivity index (χ0) is 18.0. The number of H-pyrrole nitrogens is 2. The molecule has 8 heteroatoms. The fraction of sp³-hybridized carbons (Fsp3) is 0.176. The highest BCUT2D eigenvalue weighted by molar-refractivity contribution is 5.85. The van der Waals surface area contributed by atoms with E-state index in [1.807, 2.05) is 6.92 Å². The maximum Gasteiger partial charge on any atom is 0.330 e. The maximum absolute atomic E-state index is 12.0. The summed E-state index contributed by atoms with van der Waals surface area (Å²) in [6, 6.07) is 7.00. The van der Waals surface area contributed by atoms with Crippen molar-refractivity contribution in [3.05, 3.63) is 56.7 Å². The number of aryl methyl sites for hydroxylation is 1. The number of aromatic amines is 2. The van der Waals surface area contributed by atoms with E-state index in [1.165, 1.54) is 10.6 Å². The molecule has 8 nitrogen and oxygen atoms in total. The van der Waals surface area contributed by atoms with Crippen LogP contribution in [0.2, 0.25) is 0 Å². The Labute approximate surface area is 141 Å². The van der Waals surface area contributed by atoms with Crippen LogP contribution in [0.25, 0.3) is 28.6 Å². The molecule has 0 saturated carbocycles. The summed E-state index contributed by atoms with van der Waals surface area (Å²) in [6.45, 7) is 2.38. The molecule has 3 rings (SSSR count). The van der Waals surface area contributed by atoms with Crippen LogP contribution in [0.4, 0.5) is 0 Å². The molecule has 2 aromatic heterocycles. The molecule has 25 heavy (non-hydrogen) atoms. The average molecular weight is 340 g/mol. The first-order valence-corrected chi connectivity index (χ1v) is 7.74. The first kappa shape index (κ1) is 16.4. The minimum Gasteiger partial charge on any atom is -0.478 e. The molecule has 0 fully saturated rings. The van der Waals surface area contributed by atoms with E-state index in [0.717, 1.165) is 23.6 Å². The molecular formula is C17H16N4O4. The second kappa shape index (κ2) is 6.60. The van der Waals surface area contributed by atoms with Crippen molar-refractivity contribution in [1.29, 1.82) is 0 Å². The van der Waals surface area contributed by atoms with Crippen LogP contribution in [-0.2, 0) is 11.3 Å². The van der Waals surface area contributed by atoms with Crippen LogP contribution >= 0.6 is 0 Å². The van der Waals surface area contributed by atoms with Crippen molar-refractivity contribution in [2.45, 2.75) is 19.9 Å². The van der Waals surface area contributed by atoms with Crippen LogP contribution in [0.15, 0.2) is 39.9 Å². The van der Waals surface area contributed by atoms with E-state index in [2.05, 4.69) is 15.0 Å². The second-order valence-corrected chi connectivity index (χ2v) is 5.49. The summed E-state index contributed by atoms with van der Waals surface area (Å²) in [5.74, 6) is -0.556. The fourth-order valence-corrected chi connectivity index (χ4v) is 2.53. The fourth-order valence-electron chi connectivity index (χ4n) is 2.53. The molecular weight excluding hydrogens is 324 g/mol. The Morgan fingerprint density at radius 2 is 1.96 bits per heavy atom. The van der Waals surface area contributed by atoms with Gasteiger partial charge in [0.05, 0.1) is 0 Å². The number of carboxylic acids is 1. The van der Waals surface area contributed by atoms with Gasteiger partial charge in [0.1, 0.15) is 11.3 Å². The molecule has 3 N–H and O–H groups in total. The molecule has 0 amide bonds. The SMILES string of the molecule is CCCn1c(=O)[nH]c(=O)c2[nH]c(-c3ccc(/C=C/C(=O)O)cc3)nc21. The number of rotatable bonds is 5. The van der Waals surface area contributed by atoms with Crippen molar-refractivity contribution in [1.82, 2.24) is 19.5 Å². The Kier molecular flexibility index (Phi) is 4.34. The minimum absolute atomic E-state index is 0.248. The Bertz CT molecular complexity index is 1070. The third-order valence-corrected chi connectivity index (χ3v) is 3.68. The molecule has 0 saturated heterocycles. The first-order valence-electron chi connectivity index (χ1n) is 7.74. The predicted octanol–water partition coefficient (Wildman–Crippen LogP) is 1.59. The Hall–Kier alpha value is -3.42. The lowest BCUT2D eigenvalue weighted by molar-refractivity contribution is -0.131. The molecule has 3 aromatic rings. The van der Waals surface area contributed by atoms with Crippen LogP contribution in [0.3, 0.4) is 0 Å². The molecule has 0 unspecified atom stereocenters. The van der Waals surface area contributed by atoms with Gasteiger partial charge >= 0.3 is 11.7 Å². The first-order chi connectivity index (χ1) is 12.0. The zero-order valence-corrected chi connectivity index (χ0v) is 13.4. The lowest BCUT2D eigenvalue weighted by Crippen LogP contribution is -2.30. The van der Waals surface area contributed by atoms with E-state index < -0.39 is 17.2 Å². The summed E-state index contributed by atoms with van der Waals surface area (Å²) in [6.07, 6.45) is 3.27. The summed E-state index contributed by atoms with van der Waals surface area (Å²) < 4.78 is 1.43. The number of nitrogens with zero attached hydrogens (tertiary/aromatic N) is 2. The smallest absolute Gasteiger partial charge is 0.330 e. The van der Waals surface area contributed by atoms with Gasteiger partial charge in [-0.1, -0.05) is 31.2 Å². The number of hydrogen-bond donors (Lipinski definition) is 3. The second-order valence-electron chi connectivity index (χ2n) is 5.49. The highest BCUT2D eigenvalue weighted by Crippen LogP contribution is 2.19. The van der Waals surface area contributed by atoms with E-state index in [-0.39, 0.29) is 5.52 Å². The van der Waals surface area contributed by atoms with Crippen molar-refractivity contribution >= 4 is 23.2 Å². The quantitative estimate of drug-likeness (QED) is 0.609. The van der Waals surface area contributed by atoms with E-state index in [0.29, 0.717) is 18.0 Å². The predicted molar refractivity (Wildman–Crippen MR) is 93.4 cm³/mol. The largest absolute Gasteiger partial charge is 0.478 e. The summed E-state index contributed by atoms with van der Waals surface area (Å²) in [7, 11) is 0. The van der Waals surface area contributed by atoms with Crippen molar-refractivity contribution in [3.8, 4) is 11.4 Å². The van der Waals surface area contributed by atoms with Gasteiger partial charge in [0.15, 0.2) is 5.65 Å². The minimum atomic E-state index is -1.02. The number of hydrogen-bond acceptors (Lipinski definition) is 4. The van der Waals surface area contributed by atoms with Gasteiger partial charge < -0.3 is 10.1 Å². The van der Waals surface area contributed by atoms with Gasteiger partial charge in [-0.25, -0.2) is 14.6 Å². The molecule has 128 valence electrons. The molecule has 0 aliphatic heterocycles. The topological polar surface area (TPSA) is 121 Å². The number of aliphatic carboxylic acids is 1. The summed E-state index contributed by atoms with van der Waals surface area (Å²) >= 11 is 0. The standard InChI is InChI=1S/C17H16N4O4/c1-2-9-21-15-13(16(24)20-17(21)25)18-14(19-15)11-6-3-10(4-7-11)5-8-12(22)23/h3-8H,2,9H2,1H3,(H,18,19)(H,22,23)(H,20,24,25)/b8-5+. The van der Waals surface area contributed by atoms with Gasteiger partial charge in [-0.2, -0.15) is 0 Å². The number of carbonyl (C=O) groups is 1. The monoisotopic (exact) mass is 340 g/mol. The number of carboxylic acid groups (broad SMARTS) is 1. The van der Waals surface area contributed by atoms with E-state index in [4.69, 9.17) is 5.11 Å². The number of nitrogens with one attached hydrogen (secondary N) is 2.